The van der Waals surface area contributed by atoms with Crippen molar-refractivity contribution in [3.8, 4) is 11.3 Å². The van der Waals surface area contributed by atoms with Crippen molar-refractivity contribution in [2.75, 3.05) is 5.43 Å². The zero-order valence-corrected chi connectivity index (χ0v) is 14.3. The fourth-order valence-corrected chi connectivity index (χ4v) is 2.49. The number of halogens is 2. The quantitative estimate of drug-likeness (QED) is 0.463. The second-order valence-corrected chi connectivity index (χ2v) is 5.92. The fourth-order valence-electron chi connectivity index (χ4n) is 2.11. The number of anilines is 1. The highest BCUT2D eigenvalue weighted by Gasteiger charge is 2.08. The number of rotatable bonds is 5. The van der Waals surface area contributed by atoms with E-state index >= 15 is 0 Å². The lowest BCUT2D eigenvalue weighted by Crippen LogP contribution is -1.96. The molecule has 0 fully saturated rings. The average Bonchev–Trinajstić information content (AvgIpc) is 3.06. The second-order valence-electron chi connectivity index (χ2n) is 5.08. The number of carboxylic acid groups (broad SMARTS) is 1. The Morgan fingerprint density at radius 3 is 2.56 bits per heavy atom. The van der Waals surface area contributed by atoms with Gasteiger partial charge in [-0.25, -0.2) is 4.79 Å². The third kappa shape index (κ3) is 4.21. The average molecular weight is 375 g/mol. The summed E-state index contributed by atoms with van der Waals surface area (Å²) >= 11 is 12.1. The van der Waals surface area contributed by atoms with Crippen LogP contribution in [0.2, 0.25) is 10.0 Å². The molecule has 0 atom stereocenters. The van der Waals surface area contributed by atoms with Gasteiger partial charge in [-0.05, 0) is 54.6 Å². The Labute approximate surface area is 153 Å². The minimum absolute atomic E-state index is 0.212. The Morgan fingerprint density at radius 2 is 1.84 bits per heavy atom. The Bertz CT molecular complexity index is 934. The number of hydrogen-bond acceptors (Lipinski definition) is 4. The largest absolute Gasteiger partial charge is 0.478 e. The molecular formula is C18H12Cl2N2O3. The van der Waals surface area contributed by atoms with E-state index in [1.165, 1.54) is 18.3 Å². The van der Waals surface area contributed by atoms with E-state index < -0.39 is 5.97 Å². The van der Waals surface area contributed by atoms with Crippen LogP contribution in [0.3, 0.4) is 0 Å². The molecular weight excluding hydrogens is 363 g/mol. The van der Waals surface area contributed by atoms with Gasteiger partial charge in [-0.2, -0.15) is 5.10 Å². The molecule has 0 saturated carbocycles. The van der Waals surface area contributed by atoms with Crippen LogP contribution < -0.4 is 5.43 Å². The number of hydrogen-bond donors (Lipinski definition) is 2. The van der Waals surface area contributed by atoms with Crippen LogP contribution in [0, 0.1) is 0 Å². The third-order valence-electron chi connectivity index (χ3n) is 3.34. The van der Waals surface area contributed by atoms with E-state index in [0.29, 0.717) is 32.8 Å². The normalized spacial score (nSPS) is 11.0. The summed E-state index contributed by atoms with van der Waals surface area (Å²) in [5, 5.41) is 14.0. The van der Waals surface area contributed by atoms with Crippen molar-refractivity contribution >= 4 is 41.1 Å². The molecule has 3 aromatic rings. The van der Waals surface area contributed by atoms with Gasteiger partial charge in [0, 0.05) is 10.6 Å². The molecule has 1 heterocycles. The van der Waals surface area contributed by atoms with Crippen LogP contribution in [0.1, 0.15) is 16.1 Å². The van der Waals surface area contributed by atoms with Crippen molar-refractivity contribution in [1.29, 1.82) is 0 Å². The number of aromatic carboxylic acids is 1. The standard InChI is InChI=1S/C18H12Cl2N2O3/c19-12-3-7-16(20)15(9-12)17-8-6-14(25-17)10-21-22-13-4-1-11(2-5-13)18(23)24/h1-10,22H,(H,23,24)/b21-10-. The van der Waals surface area contributed by atoms with E-state index in [0.717, 1.165) is 0 Å². The first kappa shape index (κ1) is 17.1. The predicted molar refractivity (Wildman–Crippen MR) is 98.8 cm³/mol. The number of nitrogens with zero attached hydrogens (tertiary/aromatic N) is 1. The minimum atomic E-state index is -0.974. The molecule has 0 saturated heterocycles. The summed E-state index contributed by atoms with van der Waals surface area (Å²) in [5.74, 6) is 0.137. The highest BCUT2D eigenvalue weighted by Crippen LogP contribution is 2.31. The molecule has 1 aromatic heterocycles. The van der Waals surface area contributed by atoms with Crippen LogP contribution in [0.4, 0.5) is 5.69 Å². The molecule has 0 aliphatic carbocycles. The van der Waals surface area contributed by atoms with Gasteiger partial charge in [-0.1, -0.05) is 23.2 Å². The van der Waals surface area contributed by atoms with Crippen LogP contribution in [0.25, 0.3) is 11.3 Å². The Kier molecular flexibility index (Phi) is 5.07. The maximum atomic E-state index is 10.8. The molecule has 126 valence electrons. The van der Waals surface area contributed by atoms with Gasteiger partial charge < -0.3 is 9.52 Å². The molecule has 2 aromatic carbocycles. The molecule has 0 amide bonds. The van der Waals surface area contributed by atoms with E-state index in [9.17, 15) is 4.79 Å². The third-order valence-corrected chi connectivity index (χ3v) is 3.90. The Morgan fingerprint density at radius 1 is 1.08 bits per heavy atom. The van der Waals surface area contributed by atoms with Crippen LogP contribution >= 0.6 is 23.2 Å². The zero-order valence-electron chi connectivity index (χ0n) is 12.7. The molecule has 7 heteroatoms. The molecule has 0 aliphatic rings. The first-order valence-corrected chi connectivity index (χ1v) is 7.96. The first-order chi connectivity index (χ1) is 12.0. The topological polar surface area (TPSA) is 74.8 Å². The summed E-state index contributed by atoms with van der Waals surface area (Å²) in [4.78, 5) is 10.8. The van der Waals surface area contributed by atoms with E-state index in [2.05, 4.69) is 10.5 Å². The van der Waals surface area contributed by atoms with Crippen molar-refractivity contribution in [3.05, 3.63) is 76.0 Å². The SMILES string of the molecule is O=C(O)c1ccc(N/N=C\c2ccc(-c3cc(Cl)ccc3Cl)o2)cc1. The molecule has 5 nitrogen and oxygen atoms in total. The summed E-state index contributed by atoms with van der Waals surface area (Å²) in [6, 6.07) is 14.9. The molecule has 0 spiro atoms. The molecule has 2 N–H and O–H groups in total. The van der Waals surface area contributed by atoms with Gasteiger partial charge in [-0.15, -0.1) is 0 Å². The van der Waals surface area contributed by atoms with Crippen molar-refractivity contribution in [2.45, 2.75) is 0 Å². The van der Waals surface area contributed by atoms with E-state index in [1.54, 1.807) is 42.5 Å². The highest BCUT2D eigenvalue weighted by atomic mass is 35.5. The van der Waals surface area contributed by atoms with Crippen molar-refractivity contribution < 1.29 is 14.3 Å². The lowest BCUT2D eigenvalue weighted by molar-refractivity contribution is 0.0697. The molecule has 25 heavy (non-hydrogen) atoms. The number of carboxylic acids is 1. The van der Waals surface area contributed by atoms with Crippen LogP contribution in [-0.2, 0) is 0 Å². The van der Waals surface area contributed by atoms with Gasteiger partial charge in [0.15, 0.2) is 0 Å². The maximum Gasteiger partial charge on any atom is 0.335 e. The number of furan rings is 1. The summed E-state index contributed by atoms with van der Waals surface area (Å²) in [5.41, 5.74) is 4.37. The fraction of sp³-hybridized carbons (Fsp3) is 0. The van der Waals surface area contributed by atoms with E-state index in [-0.39, 0.29) is 5.56 Å². The summed E-state index contributed by atoms with van der Waals surface area (Å²) < 4.78 is 5.68. The molecule has 0 aliphatic heterocycles. The van der Waals surface area contributed by atoms with Crippen molar-refractivity contribution in [3.63, 3.8) is 0 Å². The summed E-state index contributed by atoms with van der Waals surface area (Å²) in [6.07, 6.45) is 1.51. The molecule has 0 radical (unpaired) electrons. The minimum Gasteiger partial charge on any atom is -0.478 e. The Hall–Kier alpha value is -2.76. The van der Waals surface area contributed by atoms with Crippen molar-refractivity contribution in [2.24, 2.45) is 5.10 Å². The smallest absolute Gasteiger partial charge is 0.335 e. The van der Waals surface area contributed by atoms with Crippen LogP contribution in [0.15, 0.2) is 64.1 Å². The first-order valence-electron chi connectivity index (χ1n) is 7.20. The predicted octanol–water partition coefficient (Wildman–Crippen LogP) is 5.40. The molecule has 0 unspecified atom stereocenters. The van der Waals surface area contributed by atoms with Gasteiger partial charge in [-0.3, -0.25) is 5.43 Å². The number of hydrazone groups is 1. The van der Waals surface area contributed by atoms with Gasteiger partial charge in [0.05, 0.1) is 22.5 Å². The zero-order chi connectivity index (χ0) is 17.8. The molecule has 0 bridgehead atoms. The van der Waals surface area contributed by atoms with Gasteiger partial charge in [0.2, 0.25) is 0 Å². The van der Waals surface area contributed by atoms with Gasteiger partial charge >= 0.3 is 5.97 Å². The number of carbonyl (C=O) groups is 1. The number of nitrogens with one attached hydrogen (secondary N) is 1. The van der Waals surface area contributed by atoms with Crippen LogP contribution in [0.5, 0.6) is 0 Å². The lowest BCUT2D eigenvalue weighted by atomic mass is 10.2. The van der Waals surface area contributed by atoms with Crippen LogP contribution in [-0.4, -0.2) is 17.3 Å². The molecule has 3 rings (SSSR count). The Balaban J connectivity index is 1.69. The van der Waals surface area contributed by atoms with Gasteiger partial charge in [0.1, 0.15) is 11.5 Å². The van der Waals surface area contributed by atoms with Crippen molar-refractivity contribution in [1.82, 2.24) is 0 Å². The summed E-state index contributed by atoms with van der Waals surface area (Å²) in [6.45, 7) is 0. The highest BCUT2D eigenvalue weighted by molar-refractivity contribution is 6.35. The lowest BCUT2D eigenvalue weighted by Gasteiger charge is -2.01. The van der Waals surface area contributed by atoms with E-state index in [4.69, 9.17) is 32.7 Å². The van der Waals surface area contributed by atoms with E-state index in [1.807, 2.05) is 0 Å². The monoisotopic (exact) mass is 374 g/mol. The second kappa shape index (κ2) is 7.42. The maximum absolute atomic E-state index is 10.8. The van der Waals surface area contributed by atoms with Gasteiger partial charge in [0.25, 0.3) is 0 Å². The number of benzene rings is 2. The summed E-state index contributed by atoms with van der Waals surface area (Å²) in [7, 11) is 0.